The van der Waals surface area contributed by atoms with Crippen LogP contribution < -0.4 is 0 Å². The molecular weight excluding hydrogens is 247 g/mol. The molecule has 2 aliphatic carbocycles. The third-order valence-corrected chi connectivity index (χ3v) is 5.03. The molecule has 0 heterocycles. The van der Waals surface area contributed by atoms with Gasteiger partial charge in [0.25, 0.3) is 0 Å². The summed E-state index contributed by atoms with van der Waals surface area (Å²) in [5.41, 5.74) is 0. The highest BCUT2D eigenvalue weighted by atomic mass is 127. The van der Waals surface area contributed by atoms with E-state index in [9.17, 15) is 0 Å². The Balaban J connectivity index is 2.03. The van der Waals surface area contributed by atoms with Gasteiger partial charge in [-0.2, -0.15) is 0 Å². The van der Waals surface area contributed by atoms with Crippen molar-refractivity contribution < 1.29 is 0 Å². The summed E-state index contributed by atoms with van der Waals surface area (Å²) < 4.78 is 1.02. The zero-order chi connectivity index (χ0) is 7.68. The Morgan fingerprint density at radius 2 is 1.55 bits per heavy atom. The lowest BCUT2D eigenvalue weighted by molar-refractivity contribution is 0.382. The van der Waals surface area contributed by atoms with Crippen molar-refractivity contribution in [1.29, 1.82) is 0 Å². The minimum absolute atomic E-state index is 1.02. The number of rotatable bonds is 0. The molecule has 0 saturated heterocycles. The second-order valence-electron chi connectivity index (χ2n) is 4.16. The fourth-order valence-electron chi connectivity index (χ4n) is 2.86. The standard InChI is InChI=1S/C10H17I/c11-10-7-2-1-4-8-5-3-6-9(8)10/h8-10H,1-7H2. The lowest BCUT2D eigenvalue weighted by Crippen LogP contribution is -2.15. The Hall–Kier alpha value is 0.730. The third kappa shape index (κ3) is 1.73. The van der Waals surface area contributed by atoms with Crippen LogP contribution in [0.5, 0.6) is 0 Å². The summed E-state index contributed by atoms with van der Waals surface area (Å²) in [6.07, 6.45) is 10.7. The number of alkyl halides is 1. The second-order valence-corrected chi connectivity index (χ2v) is 5.76. The zero-order valence-electron chi connectivity index (χ0n) is 7.06. The molecule has 0 aromatic rings. The van der Waals surface area contributed by atoms with Gasteiger partial charge >= 0.3 is 0 Å². The van der Waals surface area contributed by atoms with Crippen LogP contribution in [0.2, 0.25) is 0 Å². The van der Waals surface area contributed by atoms with Crippen LogP contribution in [0.25, 0.3) is 0 Å². The third-order valence-electron chi connectivity index (χ3n) is 3.49. The minimum atomic E-state index is 1.02. The lowest BCUT2D eigenvalue weighted by Gasteiger charge is -2.20. The molecule has 0 radical (unpaired) electrons. The molecule has 0 bridgehead atoms. The fraction of sp³-hybridized carbons (Fsp3) is 1.00. The first-order chi connectivity index (χ1) is 5.38. The molecular formula is C10H17I. The predicted octanol–water partition coefficient (Wildman–Crippen LogP) is 3.78. The number of fused-ring (bicyclic) bond motifs is 1. The molecule has 3 atom stereocenters. The van der Waals surface area contributed by atoms with Crippen LogP contribution in [0.4, 0.5) is 0 Å². The summed E-state index contributed by atoms with van der Waals surface area (Å²) >= 11 is 2.70. The summed E-state index contributed by atoms with van der Waals surface area (Å²) in [5.74, 6) is 2.23. The van der Waals surface area contributed by atoms with Crippen LogP contribution in [-0.4, -0.2) is 3.92 Å². The van der Waals surface area contributed by atoms with Gasteiger partial charge in [-0.25, -0.2) is 0 Å². The largest absolute Gasteiger partial charge is 0.0823 e. The Labute approximate surface area is 83.3 Å². The average molecular weight is 264 g/mol. The van der Waals surface area contributed by atoms with E-state index in [1.54, 1.807) is 12.8 Å². The van der Waals surface area contributed by atoms with Crippen molar-refractivity contribution in [3.8, 4) is 0 Å². The maximum absolute atomic E-state index is 2.70. The highest BCUT2D eigenvalue weighted by Crippen LogP contribution is 2.43. The van der Waals surface area contributed by atoms with E-state index in [4.69, 9.17) is 0 Å². The van der Waals surface area contributed by atoms with Crippen molar-refractivity contribution in [2.45, 2.75) is 48.9 Å². The average Bonchev–Trinajstić information content (AvgIpc) is 2.40. The Kier molecular flexibility index (Phi) is 2.75. The topological polar surface area (TPSA) is 0 Å². The molecule has 11 heavy (non-hydrogen) atoms. The van der Waals surface area contributed by atoms with E-state index >= 15 is 0 Å². The first-order valence-electron chi connectivity index (χ1n) is 5.02. The van der Waals surface area contributed by atoms with Crippen molar-refractivity contribution in [3.05, 3.63) is 0 Å². The molecule has 0 N–H and O–H groups in total. The van der Waals surface area contributed by atoms with E-state index in [0.717, 1.165) is 15.8 Å². The van der Waals surface area contributed by atoms with Crippen LogP contribution in [0.3, 0.4) is 0 Å². The van der Waals surface area contributed by atoms with Crippen LogP contribution in [-0.2, 0) is 0 Å². The Bertz CT molecular complexity index is 133. The first kappa shape index (κ1) is 8.33. The summed E-state index contributed by atoms with van der Waals surface area (Å²) in [6, 6.07) is 0. The molecule has 2 fully saturated rings. The predicted molar refractivity (Wildman–Crippen MR) is 57.1 cm³/mol. The van der Waals surface area contributed by atoms with Gasteiger partial charge in [-0.1, -0.05) is 54.7 Å². The van der Waals surface area contributed by atoms with Gasteiger partial charge in [0.15, 0.2) is 0 Å². The van der Waals surface area contributed by atoms with Gasteiger partial charge in [0.1, 0.15) is 0 Å². The van der Waals surface area contributed by atoms with Gasteiger partial charge in [0.2, 0.25) is 0 Å². The van der Waals surface area contributed by atoms with Crippen molar-refractivity contribution in [3.63, 3.8) is 0 Å². The summed E-state index contributed by atoms with van der Waals surface area (Å²) in [6.45, 7) is 0. The van der Waals surface area contributed by atoms with Crippen LogP contribution in [0, 0.1) is 11.8 Å². The Morgan fingerprint density at radius 1 is 0.818 bits per heavy atom. The molecule has 2 saturated carbocycles. The summed E-state index contributed by atoms with van der Waals surface area (Å²) in [5, 5.41) is 0. The van der Waals surface area contributed by atoms with Crippen molar-refractivity contribution in [2.24, 2.45) is 11.8 Å². The molecule has 0 nitrogen and oxygen atoms in total. The van der Waals surface area contributed by atoms with Crippen molar-refractivity contribution in [2.75, 3.05) is 0 Å². The number of hydrogen-bond donors (Lipinski definition) is 0. The second kappa shape index (κ2) is 3.63. The molecule has 0 spiro atoms. The molecule has 0 amide bonds. The highest BCUT2D eigenvalue weighted by Gasteiger charge is 2.33. The van der Waals surface area contributed by atoms with Gasteiger partial charge in [0, 0.05) is 3.92 Å². The lowest BCUT2D eigenvalue weighted by atomic mass is 9.92. The van der Waals surface area contributed by atoms with Crippen LogP contribution in [0.15, 0.2) is 0 Å². The van der Waals surface area contributed by atoms with Gasteiger partial charge in [-0.3, -0.25) is 0 Å². The Morgan fingerprint density at radius 3 is 2.45 bits per heavy atom. The van der Waals surface area contributed by atoms with Gasteiger partial charge in [-0.05, 0) is 24.7 Å². The molecule has 0 aliphatic heterocycles. The first-order valence-corrected chi connectivity index (χ1v) is 6.26. The SMILES string of the molecule is IC1CCCCC2CCCC12. The summed E-state index contributed by atoms with van der Waals surface area (Å²) in [7, 11) is 0. The molecule has 0 aromatic carbocycles. The molecule has 0 aromatic heterocycles. The fourth-order valence-corrected chi connectivity index (χ4v) is 4.25. The quantitative estimate of drug-likeness (QED) is 0.461. The smallest absolute Gasteiger partial charge is 0.0140 e. The molecule has 2 rings (SSSR count). The molecule has 2 aliphatic rings. The number of halogens is 1. The zero-order valence-corrected chi connectivity index (χ0v) is 9.22. The van der Waals surface area contributed by atoms with E-state index < -0.39 is 0 Å². The van der Waals surface area contributed by atoms with Crippen molar-refractivity contribution >= 4 is 22.6 Å². The van der Waals surface area contributed by atoms with E-state index in [-0.39, 0.29) is 0 Å². The number of hydrogen-bond acceptors (Lipinski definition) is 0. The van der Waals surface area contributed by atoms with Crippen LogP contribution >= 0.6 is 22.6 Å². The van der Waals surface area contributed by atoms with Gasteiger partial charge in [0.05, 0.1) is 0 Å². The highest BCUT2D eigenvalue weighted by molar-refractivity contribution is 14.1. The monoisotopic (exact) mass is 264 g/mol. The maximum atomic E-state index is 2.70. The normalized spacial score (nSPS) is 45.0. The van der Waals surface area contributed by atoms with Crippen LogP contribution in [0.1, 0.15) is 44.9 Å². The minimum Gasteiger partial charge on any atom is -0.0823 e. The van der Waals surface area contributed by atoms with E-state index in [1.807, 2.05) is 0 Å². The maximum Gasteiger partial charge on any atom is 0.0140 e. The van der Waals surface area contributed by atoms with Gasteiger partial charge in [-0.15, -0.1) is 0 Å². The van der Waals surface area contributed by atoms with E-state index in [0.29, 0.717) is 0 Å². The van der Waals surface area contributed by atoms with E-state index in [1.165, 1.54) is 32.1 Å². The summed E-state index contributed by atoms with van der Waals surface area (Å²) in [4.78, 5) is 0. The van der Waals surface area contributed by atoms with Crippen molar-refractivity contribution in [1.82, 2.24) is 0 Å². The molecule has 3 unspecified atom stereocenters. The molecule has 64 valence electrons. The van der Waals surface area contributed by atoms with E-state index in [2.05, 4.69) is 22.6 Å². The van der Waals surface area contributed by atoms with Gasteiger partial charge < -0.3 is 0 Å². The molecule has 1 heteroatoms.